The third-order valence-electron chi connectivity index (χ3n) is 3.85. The van der Waals surface area contributed by atoms with Gasteiger partial charge in [0.15, 0.2) is 0 Å². The number of rotatable bonds is 4. The molecule has 1 aromatic carbocycles. The number of carbonyl (C=O) groups is 2. The van der Waals surface area contributed by atoms with E-state index in [4.69, 9.17) is 4.74 Å². The number of nitrogens with one attached hydrogen (secondary N) is 2. The van der Waals surface area contributed by atoms with Crippen molar-refractivity contribution in [1.82, 2.24) is 4.90 Å². The van der Waals surface area contributed by atoms with E-state index in [1.807, 2.05) is 19.1 Å². The Labute approximate surface area is 130 Å². The second-order valence-corrected chi connectivity index (χ2v) is 5.45. The lowest BCUT2D eigenvalue weighted by molar-refractivity contribution is -0.115. The van der Waals surface area contributed by atoms with Gasteiger partial charge >= 0.3 is 6.03 Å². The second-order valence-electron chi connectivity index (χ2n) is 5.45. The molecule has 6 heteroatoms. The van der Waals surface area contributed by atoms with Gasteiger partial charge in [0.05, 0.1) is 6.10 Å². The maximum absolute atomic E-state index is 12.2. The van der Waals surface area contributed by atoms with Crippen molar-refractivity contribution in [2.24, 2.45) is 0 Å². The zero-order valence-electron chi connectivity index (χ0n) is 13.3. The summed E-state index contributed by atoms with van der Waals surface area (Å²) < 4.78 is 5.26. The lowest BCUT2D eigenvalue weighted by atomic mass is 10.1. The third-order valence-corrected chi connectivity index (χ3v) is 3.85. The number of nitrogens with zero attached hydrogens (tertiary/aromatic N) is 1. The molecule has 1 aliphatic heterocycles. The monoisotopic (exact) mass is 305 g/mol. The van der Waals surface area contributed by atoms with Crippen molar-refractivity contribution in [3.63, 3.8) is 0 Å². The number of methoxy groups -OCH3 is 1. The van der Waals surface area contributed by atoms with Gasteiger partial charge in [0, 0.05) is 38.0 Å². The maximum atomic E-state index is 12.2. The van der Waals surface area contributed by atoms with Gasteiger partial charge in [0.25, 0.3) is 0 Å². The van der Waals surface area contributed by atoms with E-state index in [1.165, 1.54) is 0 Å². The minimum atomic E-state index is -0.142. The number of likely N-dealkylation sites (tertiary alicyclic amines) is 1. The summed E-state index contributed by atoms with van der Waals surface area (Å²) in [5.74, 6) is -0.0472. The number of anilines is 2. The Balaban J connectivity index is 2.02. The smallest absolute Gasteiger partial charge is 0.321 e. The van der Waals surface area contributed by atoms with Crippen LogP contribution in [0.2, 0.25) is 0 Å². The largest absolute Gasteiger partial charge is 0.380 e. The molecule has 22 heavy (non-hydrogen) atoms. The molecular formula is C16H23N3O3. The molecule has 0 bridgehead atoms. The average Bonchev–Trinajstić information content (AvgIpc) is 2.99. The summed E-state index contributed by atoms with van der Waals surface area (Å²) in [6.07, 6.45) is 1.39. The molecule has 2 N–H and O–H groups in total. The van der Waals surface area contributed by atoms with Crippen LogP contribution in [0.5, 0.6) is 0 Å². The quantitative estimate of drug-likeness (QED) is 0.898. The molecule has 1 heterocycles. The van der Waals surface area contributed by atoms with E-state index in [0.29, 0.717) is 25.2 Å². The third kappa shape index (κ3) is 3.98. The first-order valence-electron chi connectivity index (χ1n) is 7.52. The van der Waals surface area contributed by atoms with Crippen molar-refractivity contribution in [2.45, 2.75) is 32.8 Å². The highest BCUT2D eigenvalue weighted by Crippen LogP contribution is 2.21. The molecule has 1 fully saturated rings. The van der Waals surface area contributed by atoms with Gasteiger partial charge in [-0.05, 0) is 31.0 Å². The highest BCUT2D eigenvalue weighted by Gasteiger charge is 2.26. The van der Waals surface area contributed by atoms with Crippen molar-refractivity contribution in [3.8, 4) is 0 Å². The normalized spacial score (nSPS) is 17.4. The van der Waals surface area contributed by atoms with Gasteiger partial charge in [0.2, 0.25) is 5.91 Å². The molecule has 0 aromatic heterocycles. The van der Waals surface area contributed by atoms with Crippen LogP contribution in [0, 0.1) is 6.92 Å². The first-order chi connectivity index (χ1) is 10.5. The van der Waals surface area contributed by atoms with Gasteiger partial charge in [-0.1, -0.05) is 13.0 Å². The molecule has 2 rings (SSSR count). The van der Waals surface area contributed by atoms with Crippen LogP contribution in [0.15, 0.2) is 18.2 Å². The number of urea groups is 1. The van der Waals surface area contributed by atoms with Crippen molar-refractivity contribution in [1.29, 1.82) is 0 Å². The van der Waals surface area contributed by atoms with Crippen LogP contribution in [0.4, 0.5) is 16.2 Å². The van der Waals surface area contributed by atoms with E-state index in [0.717, 1.165) is 17.7 Å². The molecule has 1 saturated heterocycles. The van der Waals surface area contributed by atoms with E-state index in [1.54, 1.807) is 25.0 Å². The molecule has 1 aliphatic rings. The van der Waals surface area contributed by atoms with Crippen molar-refractivity contribution >= 4 is 23.3 Å². The Hall–Kier alpha value is -2.08. The van der Waals surface area contributed by atoms with Crippen LogP contribution in [0.25, 0.3) is 0 Å². The van der Waals surface area contributed by atoms with E-state index >= 15 is 0 Å². The first kappa shape index (κ1) is 16.3. The molecule has 0 radical (unpaired) electrons. The molecule has 6 nitrogen and oxygen atoms in total. The minimum absolute atomic E-state index is 0.0472. The van der Waals surface area contributed by atoms with Gasteiger partial charge < -0.3 is 20.3 Å². The number of aryl methyl sites for hydroxylation is 1. The summed E-state index contributed by atoms with van der Waals surface area (Å²) >= 11 is 0. The first-order valence-corrected chi connectivity index (χ1v) is 7.52. The molecular weight excluding hydrogens is 282 g/mol. The van der Waals surface area contributed by atoms with Crippen LogP contribution >= 0.6 is 0 Å². The number of ether oxygens (including phenoxy) is 1. The number of carbonyl (C=O) groups excluding carboxylic acids is 2. The second kappa shape index (κ2) is 7.26. The average molecular weight is 305 g/mol. The van der Waals surface area contributed by atoms with Gasteiger partial charge in [0.1, 0.15) is 0 Å². The van der Waals surface area contributed by atoms with Gasteiger partial charge in [-0.2, -0.15) is 0 Å². The van der Waals surface area contributed by atoms with Crippen LogP contribution < -0.4 is 10.6 Å². The van der Waals surface area contributed by atoms with Crippen molar-refractivity contribution < 1.29 is 14.3 Å². The van der Waals surface area contributed by atoms with E-state index in [9.17, 15) is 9.59 Å². The standard InChI is InChI=1S/C16H23N3O3/c1-4-15(20)18-14-9-12(6-5-11(14)2)17-16(21)19-8-7-13(10-19)22-3/h5-6,9,13H,4,7-8,10H2,1-3H3,(H,17,21)(H,18,20)/t13-/m0/s1. The fourth-order valence-electron chi connectivity index (χ4n) is 2.38. The predicted octanol–water partition coefficient (Wildman–Crippen LogP) is 2.60. The van der Waals surface area contributed by atoms with Crippen LogP contribution in [-0.2, 0) is 9.53 Å². The number of hydrogen-bond donors (Lipinski definition) is 2. The Morgan fingerprint density at radius 3 is 2.77 bits per heavy atom. The SMILES string of the molecule is CCC(=O)Nc1cc(NC(=O)N2CC[C@H](OC)C2)ccc1C. The number of amides is 3. The Morgan fingerprint density at radius 2 is 2.14 bits per heavy atom. The Kier molecular flexibility index (Phi) is 5.38. The lowest BCUT2D eigenvalue weighted by Crippen LogP contribution is -2.33. The van der Waals surface area contributed by atoms with Crippen LogP contribution in [0.1, 0.15) is 25.3 Å². The summed E-state index contributed by atoms with van der Waals surface area (Å²) in [4.78, 5) is 25.5. The lowest BCUT2D eigenvalue weighted by Gasteiger charge is -2.18. The van der Waals surface area contributed by atoms with Crippen molar-refractivity contribution in [2.75, 3.05) is 30.8 Å². The van der Waals surface area contributed by atoms with Crippen molar-refractivity contribution in [3.05, 3.63) is 23.8 Å². The minimum Gasteiger partial charge on any atom is -0.380 e. The molecule has 0 spiro atoms. The zero-order chi connectivity index (χ0) is 16.1. The fourth-order valence-corrected chi connectivity index (χ4v) is 2.38. The molecule has 3 amide bonds. The Bertz CT molecular complexity index is 560. The van der Waals surface area contributed by atoms with Gasteiger partial charge in [-0.3, -0.25) is 4.79 Å². The Morgan fingerprint density at radius 1 is 1.36 bits per heavy atom. The van der Waals surface area contributed by atoms with Gasteiger partial charge in [-0.15, -0.1) is 0 Å². The zero-order valence-corrected chi connectivity index (χ0v) is 13.3. The summed E-state index contributed by atoms with van der Waals surface area (Å²) in [5.41, 5.74) is 2.35. The maximum Gasteiger partial charge on any atom is 0.321 e. The van der Waals surface area contributed by atoms with Gasteiger partial charge in [-0.25, -0.2) is 4.79 Å². The molecule has 0 aliphatic carbocycles. The summed E-state index contributed by atoms with van der Waals surface area (Å²) in [6.45, 7) is 5.01. The molecule has 0 unspecified atom stereocenters. The van der Waals surface area contributed by atoms with Crippen LogP contribution in [-0.4, -0.2) is 43.1 Å². The number of hydrogen-bond acceptors (Lipinski definition) is 3. The van der Waals surface area contributed by atoms with E-state index < -0.39 is 0 Å². The number of benzene rings is 1. The molecule has 1 aromatic rings. The molecule has 0 saturated carbocycles. The summed E-state index contributed by atoms with van der Waals surface area (Å²) in [6, 6.07) is 5.35. The summed E-state index contributed by atoms with van der Waals surface area (Å²) in [5, 5.41) is 5.70. The summed E-state index contributed by atoms with van der Waals surface area (Å²) in [7, 11) is 1.66. The van der Waals surface area contributed by atoms with E-state index in [-0.39, 0.29) is 18.0 Å². The van der Waals surface area contributed by atoms with Crippen LogP contribution in [0.3, 0.4) is 0 Å². The molecule has 120 valence electrons. The highest BCUT2D eigenvalue weighted by molar-refractivity contribution is 5.94. The predicted molar refractivity (Wildman–Crippen MR) is 86.1 cm³/mol. The van der Waals surface area contributed by atoms with E-state index in [2.05, 4.69) is 10.6 Å². The highest BCUT2D eigenvalue weighted by atomic mass is 16.5. The fraction of sp³-hybridized carbons (Fsp3) is 0.500. The topological polar surface area (TPSA) is 70.7 Å². The molecule has 1 atom stereocenters.